The van der Waals surface area contributed by atoms with Gasteiger partial charge in [0.2, 0.25) is 0 Å². The van der Waals surface area contributed by atoms with E-state index in [0.29, 0.717) is 5.92 Å². The lowest BCUT2D eigenvalue weighted by Crippen LogP contribution is -2.01. The van der Waals surface area contributed by atoms with Crippen LogP contribution in [0, 0.1) is 26.1 Å². The third kappa shape index (κ3) is 5.66. The van der Waals surface area contributed by atoms with E-state index in [9.17, 15) is 20.2 Å². The van der Waals surface area contributed by atoms with Gasteiger partial charge in [-0.1, -0.05) is 37.3 Å². The molecule has 0 radical (unpaired) electrons. The number of non-ortho nitro benzene ring substituents is 1. The van der Waals surface area contributed by atoms with E-state index in [1.54, 1.807) is 6.21 Å². The van der Waals surface area contributed by atoms with Crippen molar-refractivity contribution < 1.29 is 9.85 Å². The second-order valence-electron chi connectivity index (χ2n) is 6.00. The van der Waals surface area contributed by atoms with E-state index in [-0.39, 0.29) is 17.1 Å². The Balaban J connectivity index is 1.87. The summed E-state index contributed by atoms with van der Waals surface area (Å²) in [6, 6.07) is 13.6. The lowest BCUT2D eigenvalue weighted by Gasteiger charge is -2.08. The summed E-state index contributed by atoms with van der Waals surface area (Å²) in [7, 11) is 0. The molecule has 8 heteroatoms. The second-order valence-corrected chi connectivity index (χ2v) is 6.00. The van der Waals surface area contributed by atoms with E-state index in [1.807, 2.05) is 18.2 Å². The van der Waals surface area contributed by atoms with Crippen LogP contribution in [0.4, 0.5) is 17.1 Å². The summed E-state index contributed by atoms with van der Waals surface area (Å²) >= 11 is 0. The van der Waals surface area contributed by atoms with E-state index in [1.165, 1.54) is 17.7 Å². The number of nitro benzene ring substituents is 2. The van der Waals surface area contributed by atoms with Crippen LogP contribution in [0.1, 0.15) is 25.3 Å². The van der Waals surface area contributed by atoms with Crippen LogP contribution >= 0.6 is 0 Å². The van der Waals surface area contributed by atoms with Gasteiger partial charge >= 0.3 is 5.69 Å². The zero-order valence-electron chi connectivity index (χ0n) is 14.4. The summed E-state index contributed by atoms with van der Waals surface area (Å²) in [4.78, 5) is 20.4. The number of hydrogen-bond donors (Lipinski definition) is 1. The molecule has 0 saturated carbocycles. The summed E-state index contributed by atoms with van der Waals surface area (Å²) in [6.45, 7) is 2.11. The molecule has 0 amide bonds. The van der Waals surface area contributed by atoms with Crippen LogP contribution in [0.2, 0.25) is 0 Å². The van der Waals surface area contributed by atoms with Gasteiger partial charge in [-0.2, -0.15) is 5.10 Å². The highest BCUT2D eigenvalue weighted by Crippen LogP contribution is 2.28. The molecule has 136 valence electrons. The van der Waals surface area contributed by atoms with Crippen molar-refractivity contribution in [3.05, 3.63) is 74.3 Å². The molecular weight excluding hydrogens is 336 g/mol. The maximum absolute atomic E-state index is 11.0. The van der Waals surface area contributed by atoms with Crippen molar-refractivity contribution in [3.8, 4) is 0 Å². The molecule has 1 N–H and O–H groups in total. The first-order valence-corrected chi connectivity index (χ1v) is 8.21. The van der Waals surface area contributed by atoms with E-state index in [2.05, 4.69) is 29.6 Å². The third-order valence-electron chi connectivity index (χ3n) is 3.94. The molecule has 0 aromatic heterocycles. The maximum atomic E-state index is 11.0. The molecule has 2 aromatic carbocycles. The van der Waals surface area contributed by atoms with Crippen molar-refractivity contribution in [2.45, 2.75) is 26.2 Å². The summed E-state index contributed by atoms with van der Waals surface area (Å²) in [5.41, 5.74) is 3.29. The molecular formula is C18H20N4O4. The Bertz CT molecular complexity index is 793. The fourth-order valence-corrected chi connectivity index (χ4v) is 2.40. The average Bonchev–Trinajstić information content (AvgIpc) is 2.64. The number of nitrogens with one attached hydrogen (secondary N) is 1. The molecule has 0 aliphatic heterocycles. The normalized spacial score (nSPS) is 12.0. The fraction of sp³-hybridized carbons (Fsp3) is 0.278. The molecule has 2 rings (SSSR count). The van der Waals surface area contributed by atoms with Crippen molar-refractivity contribution >= 4 is 23.3 Å². The molecule has 0 bridgehead atoms. The monoisotopic (exact) mass is 356 g/mol. The third-order valence-corrected chi connectivity index (χ3v) is 3.94. The van der Waals surface area contributed by atoms with Crippen molar-refractivity contribution in [1.82, 2.24) is 0 Å². The van der Waals surface area contributed by atoms with Gasteiger partial charge in [0.25, 0.3) is 5.69 Å². The second kappa shape index (κ2) is 9.26. The van der Waals surface area contributed by atoms with Crippen molar-refractivity contribution in [1.29, 1.82) is 0 Å². The van der Waals surface area contributed by atoms with Gasteiger partial charge in [-0.05, 0) is 36.8 Å². The molecule has 26 heavy (non-hydrogen) atoms. The van der Waals surface area contributed by atoms with Crippen LogP contribution < -0.4 is 5.43 Å². The number of nitrogens with zero attached hydrogens (tertiary/aromatic N) is 3. The highest BCUT2D eigenvalue weighted by Gasteiger charge is 2.19. The minimum atomic E-state index is -0.673. The number of benzene rings is 2. The van der Waals surface area contributed by atoms with Gasteiger partial charge in [0, 0.05) is 12.3 Å². The van der Waals surface area contributed by atoms with Crippen LogP contribution in [0.25, 0.3) is 0 Å². The molecule has 0 spiro atoms. The molecule has 1 atom stereocenters. The Labute approximate surface area is 150 Å². The lowest BCUT2D eigenvalue weighted by atomic mass is 9.99. The number of hydrazone groups is 1. The van der Waals surface area contributed by atoms with E-state index >= 15 is 0 Å². The van der Waals surface area contributed by atoms with Crippen molar-refractivity contribution in [2.24, 2.45) is 11.0 Å². The predicted molar refractivity (Wildman–Crippen MR) is 100 cm³/mol. The topological polar surface area (TPSA) is 111 Å². The number of rotatable bonds is 9. The quantitative estimate of drug-likeness (QED) is 0.402. The van der Waals surface area contributed by atoms with Gasteiger partial charge in [-0.25, -0.2) is 0 Å². The molecule has 0 unspecified atom stereocenters. The Hall–Kier alpha value is -3.29. The number of hydrogen-bond acceptors (Lipinski definition) is 6. The first-order valence-electron chi connectivity index (χ1n) is 8.21. The molecule has 0 aliphatic carbocycles. The van der Waals surface area contributed by atoms with E-state index in [0.717, 1.165) is 25.3 Å². The molecule has 2 aromatic rings. The number of aryl methyl sites for hydroxylation is 1. The standard InChI is InChI=1S/C18H20N4O4/c1-14(7-8-15-5-3-2-4-6-15)11-12-19-20-17-10-9-16(21(23)24)13-18(17)22(25)26/h2-6,9-10,12-14,20H,7-8,11H2,1H3/b19-12-/t14-/m1/s1. The molecule has 0 saturated heterocycles. The number of nitro groups is 2. The van der Waals surface area contributed by atoms with Crippen LogP contribution in [0.3, 0.4) is 0 Å². The zero-order chi connectivity index (χ0) is 18.9. The van der Waals surface area contributed by atoms with Crippen molar-refractivity contribution in [3.63, 3.8) is 0 Å². The SMILES string of the molecule is C[C@@H](C/C=N\Nc1ccc([N+](=O)[O-])cc1[N+](=O)[O-])CCc1ccccc1. The predicted octanol–water partition coefficient (Wildman–Crippen LogP) is 4.56. The number of anilines is 1. The summed E-state index contributed by atoms with van der Waals surface area (Å²) < 4.78 is 0. The molecule has 0 heterocycles. The maximum Gasteiger partial charge on any atom is 0.301 e. The van der Waals surface area contributed by atoms with Crippen molar-refractivity contribution in [2.75, 3.05) is 5.43 Å². The molecule has 8 nitrogen and oxygen atoms in total. The summed E-state index contributed by atoms with van der Waals surface area (Å²) in [6.07, 6.45) is 4.38. The fourth-order valence-electron chi connectivity index (χ4n) is 2.40. The highest BCUT2D eigenvalue weighted by atomic mass is 16.6. The summed E-state index contributed by atoms with van der Waals surface area (Å²) in [5, 5.41) is 25.8. The zero-order valence-corrected chi connectivity index (χ0v) is 14.4. The summed E-state index contributed by atoms with van der Waals surface area (Å²) in [5.74, 6) is 0.410. The Morgan fingerprint density at radius 3 is 2.50 bits per heavy atom. The van der Waals surface area contributed by atoms with E-state index < -0.39 is 9.85 Å². The van der Waals surface area contributed by atoms with Crippen LogP contribution in [0.5, 0.6) is 0 Å². The van der Waals surface area contributed by atoms with Gasteiger partial charge in [0.15, 0.2) is 0 Å². The average molecular weight is 356 g/mol. The van der Waals surface area contributed by atoms with Crippen LogP contribution in [-0.4, -0.2) is 16.1 Å². The molecule has 0 aliphatic rings. The molecule has 0 fully saturated rings. The van der Waals surface area contributed by atoms with Crippen LogP contribution in [-0.2, 0) is 6.42 Å². The lowest BCUT2D eigenvalue weighted by molar-refractivity contribution is -0.393. The Kier molecular flexibility index (Phi) is 6.78. The first-order chi connectivity index (χ1) is 12.5. The first kappa shape index (κ1) is 19.0. The Morgan fingerprint density at radius 1 is 1.12 bits per heavy atom. The Morgan fingerprint density at radius 2 is 1.85 bits per heavy atom. The van der Waals surface area contributed by atoms with Gasteiger partial charge in [-0.15, -0.1) is 0 Å². The minimum absolute atomic E-state index is 0.119. The minimum Gasteiger partial charge on any atom is -0.272 e. The highest BCUT2D eigenvalue weighted by molar-refractivity contribution is 5.67. The van der Waals surface area contributed by atoms with Gasteiger partial charge in [-0.3, -0.25) is 25.7 Å². The largest absolute Gasteiger partial charge is 0.301 e. The van der Waals surface area contributed by atoms with Gasteiger partial charge in [0.05, 0.1) is 15.9 Å². The van der Waals surface area contributed by atoms with E-state index in [4.69, 9.17) is 0 Å². The van der Waals surface area contributed by atoms with Gasteiger partial charge < -0.3 is 0 Å². The van der Waals surface area contributed by atoms with Crippen LogP contribution in [0.15, 0.2) is 53.6 Å². The van der Waals surface area contributed by atoms with Gasteiger partial charge in [0.1, 0.15) is 5.69 Å². The smallest absolute Gasteiger partial charge is 0.272 e.